The topological polar surface area (TPSA) is 0 Å². The number of benzene rings is 1. The summed E-state index contributed by atoms with van der Waals surface area (Å²) in [5.41, 5.74) is 4.82. The Kier molecular flexibility index (Phi) is 3.30. The molecule has 0 fully saturated rings. The highest BCUT2D eigenvalue weighted by molar-refractivity contribution is 5.54. The first-order valence-electron chi connectivity index (χ1n) is 6.45. The SMILES string of the molecule is C(#Cc1ccccc1)C1=CCC(=C2C=CC=C2)C=C1. The number of hydrogen-bond donors (Lipinski definition) is 0. The van der Waals surface area contributed by atoms with E-state index < -0.39 is 0 Å². The van der Waals surface area contributed by atoms with Gasteiger partial charge in [0.1, 0.15) is 0 Å². The van der Waals surface area contributed by atoms with Crippen LogP contribution in [0.5, 0.6) is 0 Å². The highest BCUT2D eigenvalue weighted by atomic mass is 14.1. The lowest BCUT2D eigenvalue weighted by Crippen LogP contribution is -1.89. The van der Waals surface area contributed by atoms with Crippen LogP contribution < -0.4 is 0 Å². The van der Waals surface area contributed by atoms with E-state index in [0.717, 1.165) is 17.6 Å². The Bertz CT molecular complexity index is 667. The largest absolute Gasteiger partial charge is 0.0644 e. The van der Waals surface area contributed by atoms with Gasteiger partial charge >= 0.3 is 0 Å². The monoisotopic (exact) mass is 242 g/mol. The van der Waals surface area contributed by atoms with Gasteiger partial charge in [0.05, 0.1) is 0 Å². The third-order valence-electron chi connectivity index (χ3n) is 3.16. The van der Waals surface area contributed by atoms with Gasteiger partial charge in [-0.2, -0.15) is 0 Å². The molecular formula is C19H14. The fraction of sp³-hybridized carbons (Fsp3) is 0.0526. The number of hydrogen-bond acceptors (Lipinski definition) is 0. The van der Waals surface area contributed by atoms with Crippen LogP contribution in [-0.2, 0) is 0 Å². The molecule has 0 radical (unpaired) electrons. The van der Waals surface area contributed by atoms with E-state index in [1.165, 1.54) is 11.1 Å². The molecule has 1 aromatic carbocycles. The minimum atomic E-state index is 0.958. The normalized spacial score (nSPS) is 16.3. The molecule has 0 saturated carbocycles. The Morgan fingerprint density at radius 3 is 2.26 bits per heavy atom. The molecule has 3 rings (SSSR count). The first-order valence-corrected chi connectivity index (χ1v) is 6.45. The molecule has 0 aromatic heterocycles. The second-order valence-corrected chi connectivity index (χ2v) is 4.51. The van der Waals surface area contributed by atoms with Gasteiger partial charge in [-0.3, -0.25) is 0 Å². The predicted octanol–water partition coefficient (Wildman–Crippen LogP) is 4.35. The minimum Gasteiger partial charge on any atom is -0.0644 e. The van der Waals surface area contributed by atoms with Gasteiger partial charge in [0, 0.05) is 11.1 Å². The summed E-state index contributed by atoms with van der Waals surface area (Å²) >= 11 is 0. The van der Waals surface area contributed by atoms with E-state index in [2.05, 4.69) is 54.4 Å². The Labute approximate surface area is 114 Å². The van der Waals surface area contributed by atoms with Crippen LogP contribution in [0.15, 0.2) is 89.6 Å². The van der Waals surface area contributed by atoms with Crippen molar-refractivity contribution in [3.8, 4) is 11.8 Å². The van der Waals surface area contributed by atoms with Crippen molar-refractivity contribution in [1.29, 1.82) is 0 Å². The molecule has 0 spiro atoms. The smallest absolute Gasteiger partial charge is 0.0249 e. The summed E-state index contributed by atoms with van der Waals surface area (Å²) in [6, 6.07) is 10.1. The van der Waals surface area contributed by atoms with Crippen LogP contribution in [0.2, 0.25) is 0 Å². The molecule has 0 N–H and O–H groups in total. The lowest BCUT2D eigenvalue weighted by molar-refractivity contribution is 1.23. The Hall–Kier alpha value is -2.52. The third-order valence-corrected chi connectivity index (χ3v) is 3.16. The fourth-order valence-corrected chi connectivity index (χ4v) is 2.11. The fourth-order valence-electron chi connectivity index (χ4n) is 2.11. The maximum Gasteiger partial charge on any atom is 0.0249 e. The molecule has 0 nitrogen and oxygen atoms in total. The lowest BCUT2D eigenvalue weighted by atomic mass is 9.98. The van der Waals surface area contributed by atoms with Crippen LogP contribution >= 0.6 is 0 Å². The molecule has 0 unspecified atom stereocenters. The van der Waals surface area contributed by atoms with E-state index in [1.54, 1.807) is 0 Å². The Balaban J connectivity index is 1.75. The summed E-state index contributed by atoms with van der Waals surface area (Å²) in [6.45, 7) is 0. The van der Waals surface area contributed by atoms with Gasteiger partial charge < -0.3 is 0 Å². The van der Waals surface area contributed by atoms with Crippen LogP contribution in [0.1, 0.15) is 12.0 Å². The molecule has 2 aliphatic rings. The number of allylic oxidation sites excluding steroid dienone is 10. The van der Waals surface area contributed by atoms with Gasteiger partial charge in [0.2, 0.25) is 0 Å². The molecule has 0 heterocycles. The summed E-state index contributed by atoms with van der Waals surface area (Å²) in [6.07, 6.45) is 15.9. The summed E-state index contributed by atoms with van der Waals surface area (Å²) in [4.78, 5) is 0. The second-order valence-electron chi connectivity index (χ2n) is 4.51. The second kappa shape index (κ2) is 5.42. The molecule has 2 aliphatic carbocycles. The molecule has 0 aliphatic heterocycles. The molecule has 1 aromatic rings. The summed E-state index contributed by atoms with van der Waals surface area (Å²) in [5.74, 6) is 6.40. The van der Waals surface area contributed by atoms with Crippen molar-refractivity contribution >= 4 is 0 Å². The van der Waals surface area contributed by atoms with Crippen LogP contribution in [0.4, 0.5) is 0 Å². The highest BCUT2D eigenvalue weighted by Gasteiger charge is 2.04. The standard InChI is InChI=1S/C19H14/c1-2-6-16(7-3-1)10-11-17-12-14-19(15-13-17)18-8-4-5-9-18/h1-9,12-14H,15H2. The van der Waals surface area contributed by atoms with Crippen molar-refractivity contribution in [1.82, 2.24) is 0 Å². The van der Waals surface area contributed by atoms with E-state index in [1.807, 2.05) is 30.3 Å². The minimum absolute atomic E-state index is 0.958. The van der Waals surface area contributed by atoms with Crippen LogP contribution in [0.3, 0.4) is 0 Å². The number of rotatable bonds is 0. The molecular weight excluding hydrogens is 228 g/mol. The van der Waals surface area contributed by atoms with Crippen molar-refractivity contribution in [2.24, 2.45) is 0 Å². The third kappa shape index (κ3) is 2.84. The molecule has 0 bridgehead atoms. The first-order chi connectivity index (χ1) is 9.42. The van der Waals surface area contributed by atoms with Crippen LogP contribution in [0.25, 0.3) is 0 Å². The molecule has 0 atom stereocenters. The zero-order valence-electron chi connectivity index (χ0n) is 10.6. The molecule has 0 heteroatoms. The molecule has 90 valence electrons. The van der Waals surface area contributed by atoms with E-state index in [0.29, 0.717) is 0 Å². The average molecular weight is 242 g/mol. The van der Waals surface area contributed by atoms with Crippen LogP contribution in [-0.4, -0.2) is 0 Å². The summed E-state index contributed by atoms with van der Waals surface area (Å²) < 4.78 is 0. The van der Waals surface area contributed by atoms with Crippen molar-refractivity contribution in [3.05, 3.63) is 95.1 Å². The van der Waals surface area contributed by atoms with Crippen molar-refractivity contribution < 1.29 is 0 Å². The summed E-state index contributed by atoms with van der Waals surface area (Å²) in [5, 5.41) is 0. The summed E-state index contributed by atoms with van der Waals surface area (Å²) in [7, 11) is 0. The van der Waals surface area contributed by atoms with E-state index in [4.69, 9.17) is 0 Å². The zero-order valence-corrected chi connectivity index (χ0v) is 10.6. The Morgan fingerprint density at radius 2 is 1.58 bits per heavy atom. The zero-order chi connectivity index (χ0) is 12.9. The van der Waals surface area contributed by atoms with Crippen molar-refractivity contribution in [3.63, 3.8) is 0 Å². The maximum atomic E-state index is 3.21. The Morgan fingerprint density at radius 1 is 0.789 bits per heavy atom. The quantitative estimate of drug-likeness (QED) is 0.593. The van der Waals surface area contributed by atoms with Gasteiger partial charge in [-0.1, -0.05) is 66.5 Å². The molecule has 0 saturated heterocycles. The van der Waals surface area contributed by atoms with Gasteiger partial charge in [-0.05, 0) is 35.8 Å². The van der Waals surface area contributed by atoms with Gasteiger partial charge in [-0.25, -0.2) is 0 Å². The lowest BCUT2D eigenvalue weighted by Gasteiger charge is -2.06. The van der Waals surface area contributed by atoms with Gasteiger partial charge in [-0.15, -0.1) is 0 Å². The molecule has 0 amide bonds. The highest BCUT2D eigenvalue weighted by Crippen LogP contribution is 2.22. The van der Waals surface area contributed by atoms with Crippen LogP contribution in [0, 0.1) is 11.8 Å². The predicted molar refractivity (Wildman–Crippen MR) is 80.5 cm³/mol. The van der Waals surface area contributed by atoms with E-state index in [-0.39, 0.29) is 0 Å². The average Bonchev–Trinajstić information content (AvgIpc) is 3.01. The maximum absolute atomic E-state index is 3.21. The van der Waals surface area contributed by atoms with Gasteiger partial charge in [0.15, 0.2) is 0 Å². The van der Waals surface area contributed by atoms with Crippen molar-refractivity contribution in [2.75, 3.05) is 0 Å². The molecule has 19 heavy (non-hydrogen) atoms. The first kappa shape index (κ1) is 11.6. The van der Waals surface area contributed by atoms with E-state index >= 15 is 0 Å². The van der Waals surface area contributed by atoms with Gasteiger partial charge in [0.25, 0.3) is 0 Å². The van der Waals surface area contributed by atoms with E-state index in [9.17, 15) is 0 Å². The van der Waals surface area contributed by atoms with Crippen molar-refractivity contribution in [2.45, 2.75) is 6.42 Å².